The maximum atomic E-state index is 7.14. The highest BCUT2D eigenvalue weighted by atomic mass is 14.5. The number of unbranched alkanes of at least 4 members (excludes halogenated alkanes) is 25. The number of rotatable bonds is 26. The molecule has 0 aliphatic carbocycles. The topological polar surface area (TPSA) is 23.8 Å². The van der Waals surface area contributed by atoms with Gasteiger partial charge in [-0.05, 0) is 6.42 Å². The third kappa shape index (κ3) is 28.0. The summed E-state index contributed by atoms with van der Waals surface area (Å²) >= 11 is 0. The van der Waals surface area contributed by atoms with E-state index in [1.807, 2.05) is 0 Å². The van der Waals surface area contributed by atoms with Crippen LogP contribution in [0.1, 0.15) is 174 Å². The Morgan fingerprint density at radius 3 is 0.621 bits per heavy atom. The Bertz CT molecular complexity index is 237. The molecule has 0 heterocycles. The highest BCUT2D eigenvalue weighted by molar-refractivity contribution is 4.52. The lowest BCUT2D eigenvalue weighted by Gasteiger charge is -2.04. The van der Waals surface area contributed by atoms with E-state index < -0.39 is 0 Å². The van der Waals surface area contributed by atoms with Gasteiger partial charge in [-0.3, -0.25) is 5.73 Å². The molecule has 0 aromatic rings. The van der Waals surface area contributed by atoms with Crippen LogP contribution in [0.5, 0.6) is 0 Å². The molecule has 0 unspecified atom stereocenters. The Balaban J connectivity index is 2.97. The first-order chi connectivity index (χ1) is 14.4. The molecule has 0 bridgehead atoms. The summed E-state index contributed by atoms with van der Waals surface area (Å²) in [5.41, 5.74) is 7.14. The minimum absolute atomic E-state index is 0.624. The van der Waals surface area contributed by atoms with Gasteiger partial charge >= 0.3 is 0 Å². The van der Waals surface area contributed by atoms with E-state index >= 15 is 0 Å². The average Bonchev–Trinajstić information content (AvgIpc) is 2.74. The summed E-state index contributed by atoms with van der Waals surface area (Å²) in [7, 11) is 0. The molecule has 0 fully saturated rings. The minimum atomic E-state index is 0.624. The van der Waals surface area contributed by atoms with Crippen molar-refractivity contribution in [1.29, 1.82) is 0 Å². The Hall–Kier alpha value is -0.0400. The molecule has 0 spiro atoms. The molecule has 29 heavy (non-hydrogen) atoms. The number of hydrogen-bond acceptors (Lipinski definition) is 0. The second-order valence-electron chi connectivity index (χ2n) is 9.59. The molecular formula is C28H58N. The highest BCUT2D eigenvalue weighted by Gasteiger charge is 1.96. The van der Waals surface area contributed by atoms with Gasteiger partial charge in [0, 0.05) is 6.54 Å². The lowest BCUT2D eigenvalue weighted by Crippen LogP contribution is -1.86. The van der Waals surface area contributed by atoms with Gasteiger partial charge in [-0.15, -0.1) is 0 Å². The van der Waals surface area contributed by atoms with E-state index in [0.717, 1.165) is 6.42 Å². The Morgan fingerprint density at radius 2 is 0.448 bits per heavy atom. The third-order valence-corrected chi connectivity index (χ3v) is 6.53. The maximum absolute atomic E-state index is 7.14. The summed E-state index contributed by atoms with van der Waals surface area (Å²) in [4.78, 5) is 0. The number of hydrogen-bond donors (Lipinski definition) is 0. The van der Waals surface area contributed by atoms with Gasteiger partial charge in [-0.2, -0.15) is 0 Å². The molecule has 0 saturated carbocycles. The lowest BCUT2D eigenvalue weighted by atomic mass is 10.0. The van der Waals surface area contributed by atoms with Crippen molar-refractivity contribution in [3.8, 4) is 0 Å². The lowest BCUT2D eigenvalue weighted by molar-refractivity contribution is 0.515. The fraction of sp³-hybridized carbons (Fsp3) is 1.00. The van der Waals surface area contributed by atoms with Crippen LogP contribution >= 0.6 is 0 Å². The van der Waals surface area contributed by atoms with Gasteiger partial charge in [0.2, 0.25) is 0 Å². The monoisotopic (exact) mass is 408 g/mol. The summed E-state index contributed by atoms with van der Waals surface area (Å²) < 4.78 is 0. The van der Waals surface area contributed by atoms with E-state index in [0.29, 0.717) is 6.54 Å². The first kappa shape index (κ1) is 29.0. The smallest absolute Gasteiger partial charge is 0.00997 e. The summed E-state index contributed by atoms with van der Waals surface area (Å²) in [6.07, 6.45) is 37.4. The molecule has 0 aromatic carbocycles. The molecule has 0 aromatic heterocycles. The Kier molecular flexibility index (Phi) is 27.9. The second-order valence-corrected chi connectivity index (χ2v) is 9.59. The first-order valence-electron chi connectivity index (χ1n) is 14.1. The van der Waals surface area contributed by atoms with Crippen LogP contribution in [0.15, 0.2) is 0 Å². The van der Waals surface area contributed by atoms with Gasteiger partial charge < -0.3 is 0 Å². The normalized spacial score (nSPS) is 11.4. The zero-order valence-electron chi connectivity index (χ0n) is 20.6. The number of nitrogens with one attached hydrogen (secondary N) is 1. The second kappa shape index (κ2) is 28.0. The zero-order chi connectivity index (χ0) is 21.1. The van der Waals surface area contributed by atoms with Gasteiger partial charge in [-0.1, -0.05) is 167 Å². The van der Waals surface area contributed by atoms with E-state index in [-0.39, 0.29) is 0 Å². The van der Waals surface area contributed by atoms with Gasteiger partial charge in [0.15, 0.2) is 0 Å². The van der Waals surface area contributed by atoms with Gasteiger partial charge in [0.05, 0.1) is 0 Å². The van der Waals surface area contributed by atoms with Crippen LogP contribution in [-0.2, 0) is 0 Å². The van der Waals surface area contributed by atoms with Gasteiger partial charge in [0.1, 0.15) is 0 Å². The molecule has 0 atom stereocenters. The van der Waals surface area contributed by atoms with Crippen LogP contribution in [-0.4, -0.2) is 6.54 Å². The molecule has 0 rings (SSSR count). The van der Waals surface area contributed by atoms with Crippen LogP contribution in [0.3, 0.4) is 0 Å². The summed E-state index contributed by atoms with van der Waals surface area (Å²) in [5.74, 6) is 0. The molecule has 0 aliphatic rings. The zero-order valence-corrected chi connectivity index (χ0v) is 20.6. The fourth-order valence-corrected chi connectivity index (χ4v) is 4.44. The van der Waals surface area contributed by atoms with E-state index in [2.05, 4.69) is 6.92 Å². The summed E-state index contributed by atoms with van der Waals surface area (Å²) in [5, 5.41) is 0. The molecule has 0 amide bonds. The first-order valence-corrected chi connectivity index (χ1v) is 14.1. The van der Waals surface area contributed by atoms with Gasteiger partial charge in [-0.25, -0.2) is 0 Å². The van der Waals surface area contributed by atoms with Crippen molar-refractivity contribution in [3.05, 3.63) is 0 Å². The van der Waals surface area contributed by atoms with Crippen LogP contribution in [0.4, 0.5) is 0 Å². The van der Waals surface area contributed by atoms with Crippen molar-refractivity contribution < 1.29 is 0 Å². The van der Waals surface area contributed by atoms with Gasteiger partial charge in [0.25, 0.3) is 0 Å². The van der Waals surface area contributed by atoms with Crippen molar-refractivity contribution in [2.24, 2.45) is 0 Å². The fourth-order valence-electron chi connectivity index (χ4n) is 4.44. The van der Waals surface area contributed by atoms with Crippen molar-refractivity contribution in [2.75, 3.05) is 6.54 Å². The van der Waals surface area contributed by atoms with Crippen LogP contribution in [0, 0.1) is 0 Å². The Labute approximate surface area is 186 Å². The average molecular weight is 409 g/mol. The molecule has 1 N–H and O–H groups in total. The largest absolute Gasteiger partial charge is 0.258 e. The molecule has 0 saturated heterocycles. The van der Waals surface area contributed by atoms with Crippen LogP contribution in [0.25, 0.3) is 0 Å². The van der Waals surface area contributed by atoms with Crippen molar-refractivity contribution in [1.82, 2.24) is 5.73 Å². The van der Waals surface area contributed by atoms with E-state index in [1.165, 1.54) is 161 Å². The highest BCUT2D eigenvalue weighted by Crippen LogP contribution is 2.15. The predicted molar refractivity (Wildman–Crippen MR) is 134 cm³/mol. The standard InChI is InChI=1S/C28H58N/c1-2-3-4-5-6-7-8-9-10-11-12-13-14-15-16-17-18-19-20-21-22-23-24-25-26-27-28-29/h29H,2-28H2,1H3. The van der Waals surface area contributed by atoms with E-state index in [1.54, 1.807) is 0 Å². The molecular weight excluding hydrogens is 350 g/mol. The molecule has 0 aliphatic heterocycles. The van der Waals surface area contributed by atoms with Crippen molar-refractivity contribution in [3.63, 3.8) is 0 Å². The van der Waals surface area contributed by atoms with Crippen LogP contribution in [0.2, 0.25) is 0 Å². The molecule has 1 nitrogen and oxygen atoms in total. The predicted octanol–water partition coefficient (Wildman–Crippen LogP) is 10.4. The summed E-state index contributed by atoms with van der Waals surface area (Å²) in [6.45, 7) is 2.93. The van der Waals surface area contributed by atoms with Crippen molar-refractivity contribution in [2.45, 2.75) is 174 Å². The molecule has 1 radical (unpaired) electrons. The summed E-state index contributed by atoms with van der Waals surface area (Å²) in [6, 6.07) is 0. The van der Waals surface area contributed by atoms with E-state index in [9.17, 15) is 0 Å². The third-order valence-electron chi connectivity index (χ3n) is 6.53. The SMILES string of the molecule is CCCCCCCCCCCCCCCCCCCCCCCCCCCC[NH]. The Morgan fingerprint density at radius 1 is 0.276 bits per heavy atom. The van der Waals surface area contributed by atoms with Crippen molar-refractivity contribution >= 4 is 0 Å². The van der Waals surface area contributed by atoms with Crippen LogP contribution < -0.4 is 5.73 Å². The quantitative estimate of drug-likeness (QED) is 0.127. The maximum Gasteiger partial charge on any atom is 0.00997 e. The molecule has 1 heteroatoms. The van der Waals surface area contributed by atoms with E-state index in [4.69, 9.17) is 5.73 Å². The molecule has 175 valence electrons. The minimum Gasteiger partial charge on any atom is -0.258 e.